The number of amides is 3. The first kappa shape index (κ1) is 20.9. The maximum atomic E-state index is 12.6. The third kappa shape index (κ3) is 4.80. The topological polar surface area (TPSA) is 95.9 Å². The molecule has 1 heterocycles. The number of aryl methyl sites for hydroxylation is 1. The maximum absolute atomic E-state index is 12.6. The molecular weight excluding hydrogens is 460 g/mol. The fraction of sp³-hybridized carbons (Fsp3) is 0.150. The monoisotopic (exact) mass is 476 g/mol. The number of hydrogen-bond acceptors (Lipinski definition) is 6. The van der Waals surface area contributed by atoms with Gasteiger partial charge in [-0.2, -0.15) is 0 Å². The number of methoxy groups -OCH3 is 1. The predicted molar refractivity (Wildman–Crippen MR) is 115 cm³/mol. The molecule has 2 aromatic rings. The van der Waals surface area contributed by atoms with Crippen LogP contribution in [0.2, 0.25) is 0 Å². The molecule has 1 aliphatic rings. The van der Waals surface area contributed by atoms with E-state index in [1.807, 2.05) is 19.1 Å². The van der Waals surface area contributed by atoms with Crippen molar-refractivity contribution in [3.8, 4) is 11.5 Å². The van der Waals surface area contributed by atoms with Crippen molar-refractivity contribution < 1.29 is 24.2 Å². The predicted octanol–water partition coefficient (Wildman–Crippen LogP) is 4.15. The molecule has 0 aromatic heterocycles. The summed E-state index contributed by atoms with van der Waals surface area (Å²) >= 11 is 3.96. The van der Waals surface area contributed by atoms with Gasteiger partial charge in [0.1, 0.15) is 6.54 Å². The van der Waals surface area contributed by atoms with Crippen LogP contribution in [0, 0.1) is 6.92 Å². The number of thioether (sulfide) groups is 1. The van der Waals surface area contributed by atoms with Gasteiger partial charge in [0.05, 0.1) is 16.5 Å². The minimum Gasteiger partial charge on any atom is -0.503 e. The summed E-state index contributed by atoms with van der Waals surface area (Å²) in [5.74, 6) is -0.860. The van der Waals surface area contributed by atoms with E-state index >= 15 is 0 Å². The lowest BCUT2D eigenvalue weighted by atomic mass is 10.2. The number of aromatic hydroxyl groups is 1. The van der Waals surface area contributed by atoms with E-state index in [4.69, 9.17) is 4.74 Å². The van der Waals surface area contributed by atoms with Gasteiger partial charge in [0, 0.05) is 5.69 Å². The number of phenols is 1. The minimum absolute atomic E-state index is 0.0643. The van der Waals surface area contributed by atoms with Crippen LogP contribution in [0.1, 0.15) is 11.1 Å². The van der Waals surface area contributed by atoms with Gasteiger partial charge in [0.2, 0.25) is 5.91 Å². The molecule has 0 saturated carbocycles. The van der Waals surface area contributed by atoms with Crippen LogP contribution in [-0.2, 0) is 9.59 Å². The lowest BCUT2D eigenvalue weighted by molar-refractivity contribution is -0.127. The largest absolute Gasteiger partial charge is 0.503 e. The van der Waals surface area contributed by atoms with Gasteiger partial charge in [-0.25, -0.2) is 0 Å². The molecule has 3 rings (SSSR count). The van der Waals surface area contributed by atoms with E-state index in [0.717, 1.165) is 22.2 Å². The quantitative estimate of drug-likeness (QED) is 0.629. The Bertz CT molecular complexity index is 1020. The molecule has 2 aromatic carbocycles. The first-order valence-corrected chi connectivity index (χ1v) is 10.1. The van der Waals surface area contributed by atoms with Crippen molar-refractivity contribution in [3.05, 3.63) is 56.9 Å². The summed E-state index contributed by atoms with van der Waals surface area (Å²) in [5, 5.41) is 12.0. The van der Waals surface area contributed by atoms with Gasteiger partial charge in [0.15, 0.2) is 11.5 Å². The molecule has 1 saturated heterocycles. The van der Waals surface area contributed by atoms with Crippen LogP contribution < -0.4 is 10.1 Å². The molecule has 7 nitrogen and oxygen atoms in total. The van der Waals surface area contributed by atoms with Crippen LogP contribution in [0.5, 0.6) is 11.5 Å². The van der Waals surface area contributed by atoms with E-state index in [0.29, 0.717) is 15.7 Å². The Morgan fingerprint density at radius 2 is 1.97 bits per heavy atom. The van der Waals surface area contributed by atoms with E-state index in [-0.39, 0.29) is 22.9 Å². The number of imide groups is 1. The van der Waals surface area contributed by atoms with E-state index in [2.05, 4.69) is 21.2 Å². The summed E-state index contributed by atoms with van der Waals surface area (Å²) < 4.78 is 5.47. The molecule has 1 fully saturated rings. The molecular formula is C20H17BrN2O5S. The zero-order chi connectivity index (χ0) is 21.1. The Balaban J connectivity index is 1.74. The molecule has 2 N–H and O–H groups in total. The lowest BCUT2D eigenvalue weighted by Crippen LogP contribution is -2.36. The highest BCUT2D eigenvalue weighted by Crippen LogP contribution is 2.38. The van der Waals surface area contributed by atoms with Crippen LogP contribution in [0.25, 0.3) is 6.08 Å². The van der Waals surface area contributed by atoms with Gasteiger partial charge in [-0.3, -0.25) is 19.3 Å². The SMILES string of the molecule is COc1cc(/C=C2\SC(=O)N(CC(=O)Nc3ccc(C)cc3)C2=O)cc(Br)c1O. The molecule has 29 heavy (non-hydrogen) atoms. The fourth-order valence-electron chi connectivity index (χ4n) is 2.60. The Morgan fingerprint density at radius 3 is 2.62 bits per heavy atom. The highest BCUT2D eigenvalue weighted by molar-refractivity contribution is 9.10. The van der Waals surface area contributed by atoms with E-state index < -0.39 is 17.1 Å². The van der Waals surface area contributed by atoms with Gasteiger partial charge < -0.3 is 15.2 Å². The standard InChI is InChI=1S/C20H17BrN2O5S/c1-11-3-5-13(6-4-11)22-17(24)10-23-19(26)16(29-20(23)27)9-12-7-14(21)18(25)15(8-12)28-2/h3-9,25H,10H2,1-2H3,(H,22,24)/b16-9-. The summed E-state index contributed by atoms with van der Waals surface area (Å²) in [6.45, 7) is 1.55. The molecule has 0 spiro atoms. The Morgan fingerprint density at radius 1 is 1.28 bits per heavy atom. The van der Waals surface area contributed by atoms with Crippen molar-refractivity contribution in [2.75, 3.05) is 19.0 Å². The molecule has 3 amide bonds. The Hall–Kier alpha value is -2.78. The molecule has 0 unspecified atom stereocenters. The number of benzene rings is 2. The van der Waals surface area contributed by atoms with Gasteiger partial charge in [-0.15, -0.1) is 0 Å². The average molecular weight is 477 g/mol. The molecule has 0 atom stereocenters. The second kappa shape index (κ2) is 8.71. The summed E-state index contributed by atoms with van der Waals surface area (Å²) in [5.41, 5.74) is 2.20. The van der Waals surface area contributed by atoms with E-state index in [9.17, 15) is 19.5 Å². The van der Waals surface area contributed by atoms with Crippen LogP contribution in [0.3, 0.4) is 0 Å². The summed E-state index contributed by atoms with van der Waals surface area (Å²) in [6, 6.07) is 10.3. The molecule has 1 aliphatic heterocycles. The molecule has 0 bridgehead atoms. The number of ether oxygens (including phenoxy) is 1. The van der Waals surface area contributed by atoms with Crippen LogP contribution in [0.4, 0.5) is 10.5 Å². The summed E-state index contributed by atoms with van der Waals surface area (Å²) in [6.07, 6.45) is 1.51. The third-order valence-electron chi connectivity index (χ3n) is 4.08. The number of phenolic OH excluding ortho intramolecular Hbond substituents is 1. The molecule has 0 aliphatic carbocycles. The highest BCUT2D eigenvalue weighted by atomic mass is 79.9. The van der Waals surface area contributed by atoms with Crippen LogP contribution >= 0.6 is 27.7 Å². The highest BCUT2D eigenvalue weighted by Gasteiger charge is 2.36. The number of halogens is 1. The average Bonchev–Trinajstić information content (AvgIpc) is 2.93. The van der Waals surface area contributed by atoms with E-state index in [1.165, 1.54) is 19.3 Å². The number of hydrogen-bond donors (Lipinski definition) is 2. The van der Waals surface area contributed by atoms with Crippen molar-refractivity contribution in [1.29, 1.82) is 0 Å². The zero-order valence-electron chi connectivity index (χ0n) is 15.6. The second-order valence-electron chi connectivity index (χ2n) is 6.24. The van der Waals surface area contributed by atoms with Gasteiger partial charge >= 0.3 is 0 Å². The number of carbonyl (C=O) groups is 3. The van der Waals surface area contributed by atoms with Gasteiger partial charge in [-0.1, -0.05) is 17.7 Å². The van der Waals surface area contributed by atoms with Crippen LogP contribution in [0.15, 0.2) is 45.8 Å². The summed E-state index contributed by atoms with van der Waals surface area (Å²) in [4.78, 5) is 38.2. The lowest BCUT2D eigenvalue weighted by Gasteiger charge is -2.12. The number of rotatable bonds is 5. The molecule has 150 valence electrons. The van der Waals surface area contributed by atoms with Crippen molar-refractivity contribution in [3.63, 3.8) is 0 Å². The van der Waals surface area contributed by atoms with Crippen molar-refractivity contribution in [2.45, 2.75) is 6.92 Å². The number of anilines is 1. The normalized spacial score (nSPS) is 15.1. The molecule has 9 heteroatoms. The first-order valence-electron chi connectivity index (χ1n) is 8.47. The molecule has 0 radical (unpaired) electrons. The minimum atomic E-state index is -0.553. The van der Waals surface area contributed by atoms with Crippen molar-refractivity contribution in [2.24, 2.45) is 0 Å². The van der Waals surface area contributed by atoms with Crippen molar-refractivity contribution in [1.82, 2.24) is 4.90 Å². The zero-order valence-corrected chi connectivity index (χ0v) is 18.0. The Kier molecular flexibility index (Phi) is 6.29. The summed E-state index contributed by atoms with van der Waals surface area (Å²) in [7, 11) is 1.41. The van der Waals surface area contributed by atoms with Gasteiger partial charge in [-0.05, 0) is 70.5 Å². The van der Waals surface area contributed by atoms with E-state index in [1.54, 1.807) is 18.2 Å². The first-order chi connectivity index (χ1) is 13.8. The number of carbonyl (C=O) groups excluding carboxylic acids is 3. The maximum Gasteiger partial charge on any atom is 0.294 e. The van der Waals surface area contributed by atoms with Gasteiger partial charge in [0.25, 0.3) is 11.1 Å². The number of nitrogens with one attached hydrogen (secondary N) is 1. The second-order valence-corrected chi connectivity index (χ2v) is 8.08. The third-order valence-corrected chi connectivity index (χ3v) is 5.59. The number of nitrogens with zero attached hydrogens (tertiary/aromatic N) is 1. The van der Waals surface area contributed by atoms with Crippen molar-refractivity contribution >= 4 is 56.5 Å². The smallest absolute Gasteiger partial charge is 0.294 e. The van der Waals surface area contributed by atoms with Crippen LogP contribution in [-0.4, -0.2) is 40.7 Å². The Labute approximate surface area is 179 Å². The fourth-order valence-corrected chi connectivity index (χ4v) is 3.90.